The van der Waals surface area contributed by atoms with Crippen LogP contribution in [0.4, 0.5) is 13.2 Å². The van der Waals surface area contributed by atoms with Crippen LogP contribution in [-0.2, 0) is 62.3 Å². The summed E-state index contributed by atoms with van der Waals surface area (Å²) in [5, 5.41) is 7.58. The zero-order chi connectivity index (χ0) is 74.7. The van der Waals surface area contributed by atoms with E-state index in [2.05, 4.69) is 16.0 Å². The van der Waals surface area contributed by atoms with E-state index in [9.17, 15) is 41.9 Å². The van der Waals surface area contributed by atoms with Gasteiger partial charge in [0.15, 0.2) is 0 Å². The third-order valence-electron chi connectivity index (χ3n) is 23.4. The summed E-state index contributed by atoms with van der Waals surface area (Å²) in [7, 11) is 9.96. The van der Waals surface area contributed by atoms with Gasteiger partial charge in [0.25, 0.3) is 0 Å². The first-order chi connectivity index (χ1) is 47.5. The van der Waals surface area contributed by atoms with Crippen LogP contribution in [-0.4, -0.2) is 275 Å². The fourth-order valence-electron chi connectivity index (χ4n) is 16.5. The molecule has 0 radical (unpaired) electrons. The van der Waals surface area contributed by atoms with Gasteiger partial charge >= 0.3 is 6.18 Å². The van der Waals surface area contributed by atoms with E-state index >= 15 is 28.8 Å². The quantitative estimate of drug-likeness (QED) is 0.209. The van der Waals surface area contributed by atoms with Crippen LogP contribution < -0.4 is 16.0 Å². The molecule has 14 atom stereocenters. The van der Waals surface area contributed by atoms with Crippen LogP contribution in [0.2, 0.25) is 0 Å². The first-order valence-electron chi connectivity index (χ1n) is 37.2. The average Bonchev–Trinajstić information content (AvgIpc) is 1.73. The molecule has 25 nitrogen and oxygen atoms in total. The molecule has 3 aliphatic carbocycles. The molecule has 12 amide bonds. The molecule has 3 N–H and O–H groups in total. The lowest BCUT2D eigenvalue weighted by atomic mass is 9.78. The molecule has 7 rings (SSSR count). The van der Waals surface area contributed by atoms with Crippen molar-refractivity contribution >= 4 is 82.5 Å². The predicted molar refractivity (Wildman–Crippen MR) is 371 cm³/mol. The van der Waals surface area contributed by atoms with Gasteiger partial charge in [-0.15, -0.1) is 11.6 Å². The van der Waals surface area contributed by atoms with Crippen molar-refractivity contribution in [3.63, 3.8) is 0 Å². The van der Waals surface area contributed by atoms with Gasteiger partial charge in [0, 0.05) is 61.3 Å². The van der Waals surface area contributed by atoms with Gasteiger partial charge in [-0.1, -0.05) is 99.3 Å². The van der Waals surface area contributed by atoms with Crippen molar-refractivity contribution in [1.29, 1.82) is 0 Å². The number of ether oxygens (including phenoxy) is 1. The molecular weight excluding hydrogens is 1330 g/mol. The first kappa shape index (κ1) is 82.0. The predicted octanol–water partition coefficient (Wildman–Crippen LogP) is 5.33. The second-order valence-electron chi connectivity index (χ2n) is 31.0. The molecule has 0 aromatic heterocycles. The number of alkyl halides is 4. The Labute approximate surface area is 600 Å². The van der Waals surface area contributed by atoms with Gasteiger partial charge in [-0.3, -0.25) is 57.5 Å². The zero-order valence-corrected chi connectivity index (χ0v) is 62.8. The Bertz CT molecular complexity index is 2960. The summed E-state index contributed by atoms with van der Waals surface area (Å²) < 4.78 is 47.9. The average molecular weight is 1450 g/mol. The molecule has 2 bridgehead atoms. The number of nitrogens with zero attached hydrogens (tertiary/aromatic N) is 9. The summed E-state index contributed by atoms with van der Waals surface area (Å²) in [4.78, 5) is 191. The summed E-state index contributed by atoms with van der Waals surface area (Å²) in [5.41, 5.74) is -1.58. The van der Waals surface area contributed by atoms with Crippen LogP contribution in [0.3, 0.4) is 0 Å². The van der Waals surface area contributed by atoms with E-state index in [1.165, 1.54) is 73.8 Å². The second-order valence-corrected chi connectivity index (χ2v) is 31.6. The fourth-order valence-corrected chi connectivity index (χ4v) is 17.1. The van der Waals surface area contributed by atoms with E-state index in [-0.39, 0.29) is 114 Å². The van der Waals surface area contributed by atoms with Gasteiger partial charge in [-0.2, -0.15) is 13.2 Å². The molecule has 7 aliphatic rings. The number of rotatable bonds is 12. The number of halogens is 4. The van der Waals surface area contributed by atoms with Crippen molar-refractivity contribution in [2.45, 2.75) is 261 Å². The van der Waals surface area contributed by atoms with Crippen LogP contribution in [0.15, 0.2) is 0 Å². The smallest absolute Gasteiger partial charge is 0.377 e. The first-order valence-corrected chi connectivity index (χ1v) is 37.6. The number of fused-ring (bicyclic) bond motifs is 3. The number of hydrogen-bond donors (Lipinski definition) is 3. The number of amides is 12. The molecule has 29 heteroatoms. The highest BCUT2D eigenvalue weighted by Gasteiger charge is 2.53. The summed E-state index contributed by atoms with van der Waals surface area (Å²) in [6.45, 7) is 9.87. The summed E-state index contributed by atoms with van der Waals surface area (Å²) >= 11 is 6.40. The molecular formula is C72H116ClF3N12O13. The van der Waals surface area contributed by atoms with Crippen molar-refractivity contribution in [2.24, 2.45) is 35.5 Å². The molecule has 4 heterocycles. The monoisotopic (exact) mass is 1450 g/mol. The van der Waals surface area contributed by atoms with E-state index in [0.29, 0.717) is 44.9 Å². The lowest BCUT2D eigenvalue weighted by molar-refractivity contribution is -0.182. The normalized spacial score (nSPS) is 31.1. The largest absolute Gasteiger partial charge is 0.393 e. The minimum atomic E-state index is -4.51. The molecule has 101 heavy (non-hydrogen) atoms. The molecule has 0 aromatic carbocycles. The highest BCUT2D eigenvalue weighted by molar-refractivity contribution is 6.21. The molecule has 570 valence electrons. The summed E-state index contributed by atoms with van der Waals surface area (Å²) in [6.07, 6.45) is 3.53. The van der Waals surface area contributed by atoms with Crippen molar-refractivity contribution in [2.75, 3.05) is 88.7 Å². The Morgan fingerprint density at radius 3 is 1.80 bits per heavy atom. The Hall–Kier alpha value is -6.32. The van der Waals surface area contributed by atoms with E-state index in [0.717, 1.165) is 46.8 Å². The van der Waals surface area contributed by atoms with Gasteiger partial charge < -0.3 is 64.8 Å². The molecule has 3 saturated carbocycles. The maximum absolute atomic E-state index is 15.7. The van der Waals surface area contributed by atoms with Crippen LogP contribution in [0.5, 0.6) is 0 Å². The third-order valence-corrected chi connectivity index (χ3v) is 23.9. The Balaban J connectivity index is 1.27. The Morgan fingerprint density at radius 1 is 0.604 bits per heavy atom. The number of carbonyl (C=O) groups excluding carboxylic acids is 12. The van der Waals surface area contributed by atoms with Gasteiger partial charge in [-0.05, 0) is 113 Å². The maximum Gasteiger partial charge on any atom is 0.393 e. The Kier molecular flexibility index (Phi) is 29.1. The minimum Gasteiger partial charge on any atom is -0.377 e. The number of nitrogens with one attached hydrogen (secondary N) is 3. The summed E-state index contributed by atoms with van der Waals surface area (Å²) in [5.74, 6) is -11.0. The molecule has 1 spiro atoms. The zero-order valence-electron chi connectivity index (χ0n) is 62.1. The van der Waals surface area contributed by atoms with Gasteiger partial charge in [0.2, 0.25) is 70.9 Å². The number of hydrogen-bond acceptors (Lipinski definition) is 13. The SMILES string of the molecule is CC[C@H](C)[C@@H]1NC(=O)[C@H](CC(C)C)N(C)C(=O)C[C@@H](C(=O)N2C3CCC2COC3)N(C)C(=O)[C@H]([C@@H](C)CC)N(C)C(=O)C2(CCCC2)NC(=O)[C@@H]2CCCN2C(=O)[C@H](CCC2CCC(C(F)(F)F)C(Cl)C2)NC(=O)CN(C)C(=O)[C@H](CC2CCCCC2)N(C)C(=O)CN(C)C(=O)CN(C)C1=O. The highest BCUT2D eigenvalue weighted by Crippen LogP contribution is 2.44. The number of morpholine rings is 1. The summed E-state index contributed by atoms with van der Waals surface area (Å²) in [6, 6.07) is -9.44. The van der Waals surface area contributed by atoms with Crippen LogP contribution in [0.1, 0.15) is 189 Å². The van der Waals surface area contributed by atoms with Gasteiger partial charge in [0.1, 0.15) is 47.8 Å². The number of likely N-dealkylation sites (N-methyl/N-ethyl adjacent to an activating group) is 7. The van der Waals surface area contributed by atoms with Crippen molar-refractivity contribution in [3.8, 4) is 0 Å². The van der Waals surface area contributed by atoms with E-state index in [4.69, 9.17) is 16.3 Å². The Morgan fingerprint density at radius 2 is 1.21 bits per heavy atom. The molecule has 4 saturated heterocycles. The number of carbonyl (C=O) groups is 12. The molecule has 5 unspecified atom stereocenters. The standard InChI is InChI=1S/C72H116ClF3N12O13/c1-14-44(5)61-68(98)82(9)39-59(91)80(7)40-60(92)84(11)55(36-46-22-17-16-18-23-46)66(96)81(8)38-57(89)77-52(30-26-47-25-29-50(51(73)35-47)72(74,75)76)65(95)87-33-21-24-53(87)64(94)79-71(31-19-20-32-71)70(100)86(13)62(45(6)15-2)69(99)85(12)56(67(97)88-48-27-28-49(88)42-101-41-48)37-58(90)83(10)54(34-43(3)4)63(93)78-61/h43-56,61-62H,14-42H2,1-13H3,(H,77,89)(H,78,93)(H,79,94)/t44-,45-,47?,48?,49?,50?,51?,52-,53-,54-,55-,56-,61-,62-/m0/s1. The second kappa shape index (κ2) is 35.9. The molecule has 4 aliphatic heterocycles. The van der Waals surface area contributed by atoms with Crippen LogP contribution in [0.25, 0.3) is 0 Å². The van der Waals surface area contributed by atoms with Crippen molar-refractivity contribution < 1.29 is 75.4 Å². The van der Waals surface area contributed by atoms with Crippen molar-refractivity contribution in [1.82, 2.24) is 60.0 Å². The van der Waals surface area contributed by atoms with Gasteiger partial charge in [-0.25, -0.2) is 0 Å². The molecule has 0 aromatic rings. The fraction of sp³-hybridized carbons (Fsp3) is 0.833. The maximum atomic E-state index is 15.7. The highest BCUT2D eigenvalue weighted by atomic mass is 35.5. The van der Waals surface area contributed by atoms with E-state index in [1.807, 2.05) is 27.7 Å². The van der Waals surface area contributed by atoms with E-state index in [1.54, 1.807) is 18.7 Å². The third kappa shape index (κ3) is 19.9. The lowest BCUT2D eigenvalue weighted by Gasteiger charge is -2.43. The topological polar surface area (TPSA) is 279 Å². The lowest BCUT2D eigenvalue weighted by Crippen LogP contribution is -2.65. The van der Waals surface area contributed by atoms with E-state index < -0.39 is 174 Å². The van der Waals surface area contributed by atoms with Crippen molar-refractivity contribution in [3.05, 3.63) is 0 Å². The van der Waals surface area contributed by atoms with Crippen LogP contribution >= 0.6 is 11.6 Å². The van der Waals surface area contributed by atoms with Crippen LogP contribution in [0, 0.1) is 35.5 Å². The van der Waals surface area contributed by atoms with Gasteiger partial charge in [0.05, 0.1) is 57.3 Å². The molecule has 7 fully saturated rings. The minimum absolute atomic E-state index is 0.00387.